The van der Waals surface area contributed by atoms with Gasteiger partial charge >= 0.3 is 5.97 Å². The first-order valence-electron chi connectivity index (χ1n) is 8.64. The first-order valence-corrected chi connectivity index (χ1v) is 9.02. The molecule has 2 N–H and O–H groups in total. The second-order valence-corrected chi connectivity index (χ2v) is 6.27. The number of anilines is 2. The fourth-order valence-electron chi connectivity index (χ4n) is 2.32. The number of methoxy groups -OCH3 is 2. The van der Waals surface area contributed by atoms with Crippen molar-refractivity contribution in [1.29, 1.82) is 0 Å². The molecule has 0 bridgehead atoms. The van der Waals surface area contributed by atoms with E-state index in [1.54, 1.807) is 42.5 Å². The van der Waals surface area contributed by atoms with E-state index in [-0.39, 0.29) is 18.7 Å². The molecule has 2 rings (SSSR count). The predicted molar refractivity (Wildman–Crippen MR) is 108 cm³/mol. The Kier molecular flexibility index (Phi) is 8.29. The molecule has 0 aromatic heterocycles. The third kappa shape index (κ3) is 7.34. The van der Waals surface area contributed by atoms with E-state index in [0.29, 0.717) is 27.9 Å². The van der Waals surface area contributed by atoms with Gasteiger partial charge in [0.15, 0.2) is 6.61 Å². The largest absolute Gasteiger partial charge is 0.497 e. The molecule has 2 aromatic rings. The maximum absolute atomic E-state index is 12.0. The molecule has 0 saturated heterocycles. The minimum absolute atomic E-state index is 0.0866. The van der Waals surface area contributed by atoms with Crippen LogP contribution in [-0.4, -0.2) is 38.6 Å². The Morgan fingerprint density at radius 3 is 2.41 bits per heavy atom. The Morgan fingerprint density at radius 2 is 1.72 bits per heavy atom. The highest BCUT2D eigenvalue weighted by atomic mass is 35.5. The summed E-state index contributed by atoms with van der Waals surface area (Å²) in [5.74, 6) is -0.617. The smallest absolute Gasteiger partial charge is 0.306 e. The predicted octanol–water partition coefficient (Wildman–Crippen LogP) is 3.26. The molecule has 154 valence electrons. The van der Waals surface area contributed by atoms with E-state index in [1.807, 2.05) is 0 Å². The first-order chi connectivity index (χ1) is 13.9. The van der Waals surface area contributed by atoms with Gasteiger partial charge in [-0.05, 0) is 30.3 Å². The van der Waals surface area contributed by atoms with E-state index >= 15 is 0 Å². The average Bonchev–Trinajstić information content (AvgIpc) is 2.70. The third-order valence-corrected chi connectivity index (χ3v) is 3.94. The van der Waals surface area contributed by atoms with Crippen molar-refractivity contribution in [2.45, 2.75) is 12.8 Å². The number of nitrogens with one attached hydrogen (secondary N) is 2. The SMILES string of the molecule is COc1ccc(OC)c(NC(=O)COC(=O)CCC(=O)Nc2cccc(Cl)c2)c1. The van der Waals surface area contributed by atoms with Crippen molar-refractivity contribution in [2.24, 2.45) is 0 Å². The average molecular weight is 421 g/mol. The van der Waals surface area contributed by atoms with Gasteiger partial charge in [-0.25, -0.2) is 0 Å². The monoisotopic (exact) mass is 420 g/mol. The highest BCUT2D eigenvalue weighted by molar-refractivity contribution is 6.30. The lowest BCUT2D eigenvalue weighted by molar-refractivity contribution is -0.147. The summed E-state index contributed by atoms with van der Waals surface area (Å²) in [5, 5.41) is 5.69. The van der Waals surface area contributed by atoms with Crippen molar-refractivity contribution in [2.75, 3.05) is 31.5 Å². The molecule has 0 atom stereocenters. The highest BCUT2D eigenvalue weighted by Crippen LogP contribution is 2.28. The summed E-state index contributed by atoms with van der Waals surface area (Å²) in [7, 11) is 2.96. The van der Waals surface area contributed by atoms with Crippen LogP contribution in [0.15, 0.2) is 42.5 Å². The fourth-order valence-corrected chi connectivity index (χ4v) is 2.51. The maximum Gasteiger partial charge on any atom is 0.306 e. The Balaban J connectivity index is 1.76. The van der Waals surface area contributed by atoms with Crippen LogP contribution >= 0.6 is 11.6 Å². The molecule has 8 nitrogen and oxygen atoms in total. The quantitative estimate of drug-likeness (QED) is 0.603. The van der Waals surface area contributed by atoms with E-state index in [1.165, 1.54) is 14.2 Å². The van der Waals surface area contributed by atoms with Gasteiger partial charge in [0.05, 0.1) is 26.3 Å². The lowest BCUT2D eigenvalue weighted by atomic mass is 10.2. The normalized spacial score (nSPS) is 10.0. The van der Waals surface area contributed by atoms with Crippen molar-refractivity contribution in [3.63, 3.8) is 0 Å². The molecular formula is C20H21ClN2O6. The molecular weight excluding hydrogens is 400 g/mol. The van der Waals surface area contributed by atoms with Crippen LogP contribution in [0.2, 0.25) is 5.02 Å². The molecule has 0 saturated carbocycles. The molecule has 29 heavy (non-hydrogen) atoms. The molecule has 0 aliphatic heterocycles. The van der Waals surface area contributed by atoms with Gasteiger partial charge in [0.1, 0.15) is 11.5 Å². The summed E-state index contributed by atoms with van der Waals surface area (Å²) in [6.45, 7) is -0.491. The van der Waals surface area contributed by atoms with Gasteiger partial charge in [-0.1, -0.05) is 17.7 Å². The first kappa shape index (κ1) is 22.0. The van der Waals surface area contributed by atoms with E-state index in [0.717, 1.165) is 0 Å². The number of carbonyl (C=O) groups excluding carboxylic acids is 3. The molecule has 2 aromatic carbocycles. The van der Waals surface area contributed by atoms with Gasteiger partial charge < -0.3 is 24.8 Å². The van der Waals surface area contributed by atoms with Crippen LogP contribution in [0.5, 0.6) is 11.5 Å². The second-order valence-electron chi connectivity index (χ2n) is 5.83. The zero-order valence-electron chi connectivity index (χ0n) is 16.0. The maximum atomic E-state index is 12.0. The fraction of sp³-hybridized carbons (Fsp3) is 0.250. The molecule has 0 radical (unpaired) electrons. The van der Waals surface area contributed by atoms with Crippen molar-refractivity contribution in [1.82, 2.24) is 0 Å². The lowest BCUT2D eigenvalue weighted by Crippen LogP contribution is -2.22. The van der Waals surface area contributed by atoms with Gasteiger partial charge in [-0.2, -0.15) is 0 Å². The molecule has 2 amide bonds. The van der Waals surface area contributed by atoms with E-state index in [9.17, 15) is 14.4 Å². The number of rotatable bonds is 9. The zero-order valence-corrected chi connectivity index (χ0v) is 16.7. The summed E-state index contributed by atoms with van der Waals surface area (Å²) >= 11 is 5.84. The van der Waals surface area contributed by atoms with Gasteiger partial charge in [0.25, 0.3) is 5.91 Å². The number of esters is 1. The number of hydrogen-bond acceptors (Lipinski definition) is 6. The van der Waals surface area contributed by atoms with Crippen molar-refractivity contribution < 1.29 is 28.6 Å². The summed E-state index contributed by atoms with van der Waals surface area (Å²) in [5.41, 5.74) is 0.913. The molecule has 0 aliphatic carbocycles. The lowest BCUT2D eigenvalue weighted by Gasteiger charge is -2.12. The standard InChI is InChI=1S/C20H21ClN2O6/c1-27-15-6-7-17(28-2)16(11-15)23-19(25)12-29-20(26)9-8-18(24)22-14-5-3-4-13(21)10-14/h3-7,10-11H,8-9,12H2,1-2H3,(H,22,24)(H,23,25). The van der Waals surface area contributed by atoms with E-state index in [2.05, 4.69) is 10.6 Å². The van der Waals surface area contributed by atoms with Crippen LogP contribution in [0, 0.1) is 0 Å². The molecule has 0 unspecified atom stereocenters. The minimum Gasteiger partial charge on any atom is -0.497 e. The van der Waals surface area contributed by atoms with Crippen molar-refractivity contribution >= 4 is 40.8 Å². The molecule has 0 spiro atoms. The molecule has 9 heteroatoms. The number of ether oxygens (including phenoxy) is 3. The number of carbonyl (C=O) groups is 3. The van der Waals surface area contributed by atoms with E-state index < -0.39 is 18.5 Å². The van der Waals surface area contributed by atoms with Crippen LogP contribution in [0.3, 0.4) is 0 Å². The van der Waals surface area contributed by atoms with Gasteiger partial charge in [-0.15, -0.1) is 0 Å². The highest BCUT2D eigenvalue weighted by Gasteiger charge is 2.13. The third-order valence-electron chi connectivity index (χ3n) is 3.71. The Labute approximate surface area is 173 Å². The second kappa shape index (κ2) is 10.9. The van der Waals surface area contributed by atoms with Crippen LogP contribution in [-0.2, 0) is 19.1 Å². The van der Waals surface area contributed by atoms with Crippen LogP contribution in [0.4, 0.5) is 11.4 Å². The molecule has 0 heterocycles. The van der Waals surface area contributed by atoms with Crippen LogP contribution in [0.25, 0.3) is 0 Å². The van der Waals surface area contributed by atoms with Crippen molar-refractivity contribution in [3.8, 4) is 11.5 Å². The van der Waals surface area contributed by atoms with Crippen molar-refractivity contribution in [3.05, 3.63) is 47.5 Å². The number of benzene rings is 2. The topological polar surface area (TPSA) is 103 Å². The number of halogens is 1. The minimum atomic E-state index is -0.668. The van der Waals surface area contributed by atoms with Crippen LogP contribution < -0.4 is 20.1 Å². The van der Waals surface area contributed by atoms with E-state index in [4.69, 9.17) is 25.8 Å². The molecule has 0 aliphatic rings. The molecule has 0 fully saturated rings. The Bertz CT molecular complexity index is 887. The number of hydrogen-bond donors (Lipinski definition) is 2. The summed E-state index contributed by atoms with van der Waals surface area (Å²) in [6, 6.07) is 11.6. The summed E-state index contributed by atoms with van der Waals surface area (Å²) in [6.07, 6.45) is -0.251. The summed E-state index contributed by atoms with van der Waals surface area (Å²) < 4.78 is 15.2. The summed E-state index contributed by atoms with van der Waals surface area (Å²) in [4.78, 5) is 35.7. The van der Waals surface area contributed by atoms with Gasteiger partial charge in [0.2, 0.25) is 5.91 Å². The Morgan fingerprint density at radius 1 is 0.931 bits per heavy atom. The number of amides is 2. The van der Waals surface area contributed by atoms with Gasteiger partial charge in [0, 0.05) is 23.2 Å². The van der Waals surface area contributed by atoms with Gasteiger partial charge in [-0.3, -0.25) is 14.4 Å². The zero-order chi connectivity index (χ0) is 21.2. The van der Waals surface area contributed by atoms with Crippen LogP contribution in [0.1, 0.15) is 12.8 Å². The Hall–Kier alpha value is -3.26.